The van der Waals surface area contributed by atoms with Crippen molar-refractivity contribution in [3.05, 3.63) is 17.0 Å². The van der Waals surface area contributed by atoms with Gasteiger partial charge < -0.3 is 10.0 Å². The highest BCUT2D eigenvalue weighted by Crippen LogP contribution is 2.25. The third kappa shape index (κ3) is 3.59. The van der Waals surface area contributed by atoms with E-state index in [-0.39, 0.29) is 31.0 Å². The van der Waals surface area contributed by atoms with E-state index in [9.17, 15) is 13.6 Å². The zero-order chi connectivity index (χ0) is 18.0. The van der Waals surface area contributed by atoms with Crippen molar-refractivity contribution in [1.82, 2.24) is 19.6 Å². The molecule has 2 rings (SSSR count). The minimum absolute atomic E-state index is 0.0276. The number of aryl methyl sites for hydroxylation is 1. The molecule has 1 N–H and O–H groups in total. The quantitative estimate of drug-likeness (QED) is 0.846. The van der Waals surface area contributed by atoms with Crippen LogP contribution in [-0.2, 0) is 11.2 Å². The average molecular weight is 344 g/mol. The summed E-state index contributed by atoms with van der Waals surface area (Å²) in [5.41, 5.74) is 1.40. The van der Waals surface area contributed by atoms with Gasteiger partial charge in [-0.1, -0.05) is 0 Å². The summed E-state index contributed by atoms with van der Waals surface area (Å²) in [4.78, 5) is 16.5. The number of aromatic nitrogens is 2. The number of likely N-dealkylation sites (tertiary alicyclic amines) is 1. The topological polar surface area (TPSA) is 61.6 Å². The molecule has 0 aliphatic carbocycles. The summed E-state index contributed by atoms with van der Waals surface area (Å²) in [6.45, 7) is 3.80. The zero-order valence-electron chi connectivity index (χ0n) is 14.7. The molecule has 1 aliphatic heterocycles. The highest BCUT2D eigenvalue weighted by atomic mass is 19.3. The summed E-state index contributed by atoms with van der Waals surface area (Å²) in [7, 11) is 1.94. The lowest BCUT2D eigenvalue weighted by Gasteiger charge is -2.30. The summed E-state index contributed by atoms with van der Waals surface area (Å²) in [6, 6.07) is 0.229. The summed E-state index contributed by atoms with van der Waals surface area (Å²) in [5, 5.41) is 12.9. The first-order chi connectivity index (χ1) is 11.3. The maximum atomic E-state index is 12.9. The Hall–Kier alpha value is -1.54. The summed E-state index contributed by atoms with van der Waals surface area (Å²) < 4.78 is 26.5. The second kappa shape index (κ2) is 7.57. The van der Waals surface area contributed by atoms with Crippen molar-refractivity contribution in [3.63, 3.8) is 0 Å². The summed E-state index contributed by atoms with van der Waals surface area (Å²) in [5.74, 6) is -0.0672. The second-order valence-corrected chi connectivity index (χ2v) is 6.44. The largest absolute Gasteiger partial charge is 0.395 e. The molecule has 24 heavy (non-hydrogen) atoms. The van der Waals surface area contributed by atoms with E-state index < -0.39 is 6.55 Å². The number of rotatable bonds is 6. The Labute approximate surface area is 141 Å². The number of alkyl halides is 2. The molecule has 0 radical (unpaired) electrons. The maximum Gasteiger partial charge on any atom is 0.333 e. The predicted octanol–water partition coefficient (Wildman–Crippen LogP) is 1.35. The van der Waals surface area contributed by atoms with Crippen molar-refractivity contribution in [2.75, 3.05) is 26.7 Å². The molecule has 1 fully saturated rings. The van der Waals surface area contributed by atoms with Gasteiger partial charge in [0.05, 0.1) is 18.7 Å². The molecule has 0 bridgehead atoms. The molecule has 1 aromatic rings. The molecule has 0 unspecified atom stereocenters. The molecule has 1 aliphatic rings. The van der Waals surface area contributed by atoms with E-state index in [0.717, 1.165) is 6.42 Å². The Kier molecular flexibility index (Phi) is 5.92. The highest BCUT2D eigenvalue weighted by molar-refractivity contribution is 5.80. The van der Waals surface area contributed by atoms with Crippen LogP contribution in [0.2, 0.25) is 0 Å². The van der Waals surface area contributed by atoms with Gasteiger partial charge in [-0.3, -0.25) is 9.69 Å². The van der Waals surface area contributed by atoms with Gasteiger partial charge in [-0.25, -0.2) is 4.68 Å². The number of aliphatic hydroxyl groups is 1. The molecule has 0 aromatic carbocycles. The lowest BCUT2D eigenvalue weighted by molar-refractivity contribution is -0.131. The van der Waals surface area contributed by atoms with E-state index in [0.29, 0.717) is 34.7 Å². The van der Waals surface area contributed by atoms with Gasteiger partial charge in [0.1, 0.15) is 0 Å². The van der Waals surface area contributed by atoms with Crippen LogP contribution >= 0.6 is 0 Å². The molecule has 2 atom stereocenters. The highest BCUT2D eigenvalue weighted by Gasteiger charge is 2.36. The van der Waals surface area contributed by atoms with Gasteiger partial charge in [-0.2, -0.15) is 13.9 Å². The molecule has 6 nitrogen and oxygen atoms in total. The Morgan fingerprint density at radius 2 is 2.12 bits per heavy atom. The number of amides is 1. The van der Waals surface area contributed by atoms with Gasteiger partial charge in [0.25, 0.3) is 0 Å². The monoisotopic (exact) mass is 344 g/mol. The van der Waals surface area contributed by atoms with Gasteiger partial charge in [0.2, 0.25) is 5.91 Å². The van der Waals surface area contributed by atoms with E-state index in [2.05, 4.69) is 10.00 Å². The number of carbonyl (C=O) groups excluding carboxylic acids is 1. The average Bonchev–Trinajstić information content (AvgIpc) is 3.02. The Morgan fingerprint density at radius 3 is 2.67 bits per heavy atom. The summed E-state index contributed by atoms with van der Waals surface area (Å²) in [6.07, 6.45) is 0.933. The fraction of sp³-hybridized carbons (Fsp3) is 0.750. The van der Waals surface area contributed by atoms with Crippen molar-refractivity contribution < 1.29 is 18.7 Å². The van der Waals surface area contributed by atoms with Gasteiger partial charge in [0.15, 0.2) is 0 Å². The fourth-order valence-corrected chi connectivity index (χ4v) is 3.58. The van der Waals surface area contributed by atoms with Crippen LogP contribution in [0.15, 0.2) is 0 Å². The first kappa shape index (κ1) is 18.8. The van der Waals surface area contributed by atoms with E-state index in [1.807, 2.05) is 14.0 Å². The van der Waals surface area contributed by atoms with Crippen molar-refractivity contribution in [2.24, 2.45) is 0 Å². The SMILES string of the molecule is Cc1nn(C(F)F)c(C)c1CC(=O)N1CC[C@@H](N(C)CCO)[C@H]1C. The van der Waals surface area contributed by atoms with Gasteiger partial charge >= 0.3 is 6.55 Å². The van der Waals surface area contributed by atoms with E-state index in [1.54, 1.807) is 18.7 Å². The van der Waals surface area contributed by atoms with Crippen LogP contribution < -0.4 is 0 Å². The molecule has 1 saturated heterocycles. The smallest absolute Gasteiger partial charge is 0.333 e. The minimum atomic E-state index is -2.70. The fourth-order valence-electron chi connectivity index (χ4n) is 3.58. The number of carbonyl (C=O) groups is 1. The molecule has 136 valence electrons. The lowest BCUT2D eigenvalue weighted by Crippen LogP contribution is -2.45. The van der Waals surface area contributed by atoms with Crippen molar-refractivity contribution in [3.8, 4) is 0 Å². The maximum absolute atomic E-state index is 12.9. The van der Waals surface area contributed by atoms with Gasteiger partial charge in [-0.15, -0.1) is 0 Å². The van der Waals surface area contributed by atoms with Crippen LogP contribution in [0.5, 0.6) is 0 Å². The lowest BCUT2D eigenvalue weighted by atomic mass is 10.1. The van der Waals surface area contributed by atoms with E-state index in [1.165, 1.54) is 0 Å². The Bertz CT molecular complexity index is 591. The Balaban J connectivity index is 2.09. The Morgan fingerprint density at radius 1 is 1.46 bits per heavy atom. The molecular formula is C16H26F2N4O2. The van der Waals surface area contributed by atoms with Crippen molar-refractivity contribution in [1.29, 1.82) is 0 Å². The van der Waals surface area contributed by atoms with Crippen LogP contribution in [0.25, 0.3) is 0 Å². The van der Waals surface area contributed by atoms with E-state index >= 15 is 0 Å². The second-order valence-electron chi connectivity index (χ2n) is 6.44. The zero-order valence-corrected chi connectivity index (χ0v) is 14.7. The van der Waals surface area contributed by atoms with Crippen LogP contribution in [0.1, 0.15) is 36.8 Å². The molecule has 8 heteroatoms. The molecule has 0 saturated carbocycles. The van der Waals surface area contributed by atoms with Crippen molar-refractivity contribution in [2.45, 2.75) is 52.2 Å². The normalized spacial score (nSPS) is 21.3. The molecular weight excluding hydrogens is 318 g/mol. The predicted molar refractivity (Wildman–Crippen MR) is 86.0 cm³/mol. The van der Waals surface area contributed by atoms with E-state index in [4.69, 9.17) is 5.11 Å². The van der Waals surface area contributed by atoms with Crippen molar-refractivity contribution >= 4 is 5.91 Å². The number of halogens is 2. The molecule has 1 aromatic heterocycles. The van der Waals surface area contributed by atoms with Crippen LogP contribution in [-0.4, -0.2) is 69.4 Å². The number of likely N-dealkylation sites (N-methyl/N-ethyl adjacent to an activating group) is 1. The van der Waals surface area contributed by atoms with Gasteiger partial charge in [0, 0.05) is 36.4 Å². The molecule has 0 spiro atoms. The minimum Gasteiger partial charge on any atom is -0.395 e. The van der Waals surface area contributed by atoms with Gasteiger partial charge in [-0.05, 0) is 34.2 Å². The van der Waals surface area contributed by atoms with Crippen LogP contribution in [0, 0.1) is 13.8 Å². The third-order valence-corrected chi connectivity index (χ3v) is 5.04. The number of hydrogen-bond acceptors (Lipinski definition) is 4. The number of aliphatic hydroxyl groups excluding tert-OH is 1. The summed E-state index contributed by atoms with van der Waals surface area (Å²) >= 11 is 0. The van der Waals surface area contributed by atoms with Crippen LogP contribution in [0.3, 0.4) is 0 Å². The standard InChI is InChI=1S/C16H26F2N4O2/c1-10-13(11(2)22(19-10)16(17)18)9-15(24)21-6-5-14(12(21)3)20(4)7-8-23/h12,14,16,23H,5-9H2,1-4H3/t12-,14-/m1/s1. The molecule has 2 heterocycles. The van der Waals surface area contributed by atoms with Crippen LogP contribution in [0.4, 0.5) is 8.78 Å². The number of hydrogen-bond donors (Lipinski definition) is 1. The first-order valence-electron chi connectivity index (χ1n) is 8.21. The molecule has 1 amide bonds. The third-order valence-electron chi connectivity index (χ3n) is 5.04. The first-order valence-corrected chi connectivity index (χ1v) is 8.21. The number of nitrogens with zero attached hydrogens (tertiary/aromatic N) is 4.